The van der Waals surface area contributed by atoms with Gasteiger partial charge in [0, 0.05) is 55.0 Å². The summed E-state index contributed by atoms with van der Waals surface area (Å²) in [6.45, 7) is 10.7. The number of ether oxygens (including phenoxy) is 1. The molecule has 1 atom stereocenters. The number of Topliss-reactive ketones (excluding diaryl/α,β-unsaturated/α-hetero) is 1. The number of nitrogens with one attached hydrogen (secondary N) is 2. The van der Waals surface area contributed by atoms with Crippen LogP contribution in [0.1, 0.15) is 60.7 Å². The second-order valence-electron chi connectivity index (χ2n) is 8.99. The lowest BCUT2D eigenvalue weighted by Crippen LogP contribution is -2.30. The van der Waals surface area contributed by atoms with Gasteiger partial charge < -0.3 is 25.9 Å². The number of carbonyl (C=O) groups excluding carboxylic acids is 2. The molecule has 1 unspecified atom stereocenters. The van der Waals surface area contributed by atoms with Gasteiger partial charge in [0.15, 0.2) is 0 Å². The highest BCUT2D eigenvalue weighted by Gasteiger charge is 2.22. The van der Waals surface area contributed by atoms with Crippen LogP contribution in [0.15, 0.2) is 53.9 Å². The average Bonchev–Trinajstić information content (AvgIpc) is 3.34. The molecule has 0 aliphatic carbocycles. The lowest BCUT2D eigenvalue weighted by atomic mass is 10.00. The van der Waals surface area contributed by atoms with Crippen molar-refractivity contribution in [2.24, 2.45) is 16.6 Å². The fourth-order valence-corrected chi connectivity index (χ4v) is 4.07. The van der Waals surface area contributed by atoms with Crippen LogP contribution >= 0.6 is 0 Å². The zero-order chi connectivity index (χ0) is 26.1. The van der Waals surface area contributed by atoms with E-state index < -0.39 is 0 Å². The number of amides is 1. The number of anilines is 1. The second kappa shape index (κ2) is 12.7. The molecule has 0 spiro atoms. The van der Waals surface area contributed by atoms with Crippen LogP contribution in [0.4, 0.5) is 5.82 Å². The van der Waals surface area contributed by atoms with Gasteiger partial charge in [-0.25, -0.2) is 9.98 Å². The fourth-order valence-electron chi connectivity index (χ4n) is 4.07. The Morgan fingerprint density at radius 2 is 2.14 bits per heavy atom. The van der Waals surface area contributed by atoms with Crippen molar-refractivity contribution in [3.8, 4) is 5.75 Å². The van der Waals surface area contributed by atoms with E-state index in [1.807, 2.05) is 38.1 Å². The predicted octanol–water partition coefficient (Wildman–Crippen LogP) is 4.27. The number of nitrogens with two attached hydrogens (primary N) is 1. The van der Waals surface area contributed by atoms with Gasteiger partial charge >= 0.3 is 0 Å². The van der Waals surface area contributed by atoms with Crippen LogP contribution in [0.25, 0.3) is 5.57 Å². The largest absolute Gasteiger partial charge is 0.492 e. The first kappa shape index (κ1) is 26.7. The maximum atomic E-state index is 12.7. The first-order chi connectivity index (χ1) is 17.3. The van der Waals surface area contributed by atoms with Crippen LogP contribution in [0.2, 0.25) is 0 Å². The van der Waals surface area contributed by atoms with E-state index >= 15 is 0 Å². The molecule has 1 aliphatic heterocycles. The van der Waals surface area contributed by atoms with E-state index in [-0.39, 0.29) is 23.4 Å². The molecule has 1 amide bonds. The van der Waals surface area contributed by atoms with Gasteiger partial charge in [-0.1, -0.05) is 32.1 Å². The fraction of sp³-hybridized carbons (Fsp3) is 0.357. The van der Waals surface area contributed by atoms with Crippen molar-refractivity contribution >= 4 is 29.3 Å². The van der Waals surface area contributed by atoms with E-state index in [9.17, 15) is 9.59 Å². The van der Waals surface area contributed by atoms with Crippen LogP contribution in [-0.4, -0.2) is 36.0 Å². The lowest BCUT2D eigenvalue weighted by molar-refractivity contribution is -0.117. The minimum absolute atomic E-state index is 0.139. The third kappa shape index (κ3) is 7.28. The normalized spacial score (nSPS) is 13.7. The maximum Gasteiger partial charge on any atom is 0.251 e. The highest BCUT2D eigenvalue weighted by molar-refractivity contribution is 5.94. The summed E-state index contributed by atoms with van der Waals surface area (Å²) in [6, 6.07) is 7.50. The molecule has 8 nitrogen and oxygen atoms in total. The minimum atomic E-state index is -0.139. The summed E-state index contributed by atoms with van der Waals surface area (Å²) < 4.78 is 5.92. The number of hydrogen-bond donors (Lipinski definition) is 3. The summed E-state index contributed by atoms with van der Waals surface area (Å²) in [5, 5.41) is 6.36. The lowest BCUT2D eigenvalue weighted by Gasteiger charge is -2.15. The number of carbonyl (C=O) groups is 2. The van der Waals surface area contributed by atoms with Crippen molar-refractivity contribution in [1.82, 2.24) is 10.3 Å². The molecule has 0 fully saturated rings. The summed E-state index contributed by atoms with van der Waals surface area (Å²) in [5.41, 5.74) is 9.94. The molecule has 1 aromatic heterocycles. The zero-order valence-corrected chi connectivity index (χ0v) is 21.3. The standard InChI is InChI=1S/C28H35N5O3/c1-5-21(13-19(3)34)15-33-28(35)23-8-6-7-22(14-23)16-31-27-24-10-12-36-26(24)25(17-32-27)18(2)9-11-30-20(4)29/h6-9,11,14,17,21H,4-5,10,12-13,15-16,29H2,1-3H3,(H,31,32)(H,33,35)/b18-9+,30-11-. The maximum absolute atomic E-state index is 12.7. The van der Waals surface area contributed by atoms with Crippen molar-refractivity contribution in [1.29, 1.82) is 0 Å². The van der Waals surface area contributed by atoms with Crippen molar-refractivity contribution in [2.75, 3.05) is 18.5 Å². The summed E-state index contributed by atoms with van der Waals surface area (Å²) in [5.74, 6) is 2.00. The Morgan fingerprint density at radius 1 is 1.33 bits per heavy atom. The van der Waals surface area contributed by atoms with Gasteiger partial charge in [-0.15, -0.1) is 0 Å². The molecule has 0 saturated heterocycles. The van der Waals surface area contributed by atoms with Crippen molar-refractivity contribution in [2.45, 2.75) is 46.6 Å². The predicted molar refractivity (Wildman–Crippen MR) is 144 cm³/mol. The third-order valence-corrected chi connectivity index (χ3v) is 6.07. The molecule has 0 saturated carbocycles. The van der Waals surface area contributed by atoms with Crippen LogP contribution in [-0.2, 0) is 17.8 Å². The van der Waals surface area contributed by atoms with E-state index in [0.717, 1.165) is 46.7 Å². The molecule has 1 aromatic carbocycles. The van der Waals surface area contributed by atoms with Gasteiger partial charge in [-0.3, -0.25) is 4.79 Å². The van der Waals surface area contributed by atoms with Gasteiger partial charge in [0.05, 0.1) is 6.61 Å². The molecule has 36 heavy (non-hydrogen) atoms. The summed E-state index contributed by atoms with van der Waals surface area (Å²) in [4.78, 5) is 32.7. The van der Waals surface area contributed by atoms with E-state index in [2.05, 4.69) is 27.2 Å². The number of aromatic nitrogens is 1. The Balaban J connectivity index is 1.67. The first-order valence-corrected chi connectivity index (χ1v) is 12.2. The Bertz CT molecular complexity index is 1190. The average molecular weight is 490 g/mol. The number of pyridine rings is 1. The number of rotatable bonds is 12. The molecular weight excluding hydrogens is 454 g/mol. The molecule has 0 radical (unpaired) electrons. The van der Waals surface area contributed by atoms with Crippen LogP contribution in [0.3, 0.4) is 0 Å². The number of aliphatic imine (C=N–C) groups is 1. The highest BCUT2D eigenvalue weighted by atomic mass is 16.5. The van der Waals surface area contributed by atoms with Crippen LogP contribution < -0.4 is 21.1 Å². The van der Waals surface area contributed by atoms with Crippen LogP contribution in [0, 0.1) is 5.92 Å². The molecule has 8 heteroatoms. The molecule has 2 aromatic rings. The topological polar surface area (TPSA) is 119 Å². The summed E-state index contributed by atoms with van der Waals surface area (Å²) in [6.07, 6.45) is 7.34. The van der Waals surface area contributed by atoms with Gasteiger partial charge in [0.1, 0.15) is 23.2 Å². The second-order valence-corrected chi connectivity index (χ2v) is 8.99. The minimum Gasteiger partial charge on any atom is -0.492 e. The van der Waals surface area contributed by atoms with E-state index in [0.29, 0.717) is 31.7 Å². The zero-order valence-electron chi connectivity index (χ0n) is 21.3. The summed E-state index contributed by atoms with van der Waals surface area (Å²) >= 11 is 0. The Labute approximate surface area is 212 Å². The number of hydrogen-bond acceptors (Lipinski definition) is 7. The highest BCUT2D eigenvalue weighted by Crippen LogP contribution is 2.37. The van der Waals surface area contributed by atoms with Crippen molar-refractivity contribution < 1.29 is 14.3 Å². The summed E-state index contributed by atoms with van der Waals surface area (Å²) in [7, 11) is 0. The van der Waals surface area contributed by atoms with Gasteiger partial charge in [0.2, 0.25) is 0 Å². The number of nitrogens with zero attached hydrogens (tertiary/aromatic N) is 2. The Hall–Kier alpha value is -3.94. The molecule has 4 N–H and O–H groups in total. The van der Waals surface area contributed by atoms with Gasteiger partial charge in [-0.2, -0.15) is 0 Å². The molecule has 2 heterocycles. The SMILES string of the molecule is C=C(N)/N=C\C=C(/C)c1cnc(NCc2cccc(C(=O)NCC(CC)CC(C)=O)c2)c2c1OCC2. The number of fused-ring (bicyclic) bond motifs is 1. The monoisotopic (exact) mass is 489 g/mol. The first-order valence-electron chi connectivity index (χ1n) is 12.2. The Morgan fingerprint density at radius 3 is 2.86 bits per heavy atom. The van der Waals surface area contributed by atoms with Gasteiger partial charge in [-0.05, 0) is 49.1 Å². The van der Waals surface area contributed by atoms with E-state index in [1.54, 1.807) is 25.4 Å². The number of benzene rings is 1. The molecular formula is C28H35N5O3. The number of ketones is 1. The third-order valence-electron chi connectivity index (χ3n) is 6.07. The van der Waals surface area contributed by atoms with Crippen molar-refractivity contribution in [3.05, 3.63) is 71.2 Å². The quantitative estimate of drug-likeness (QED) is 0.383. The van der Waals surface area contributed by atoms with Crippen LogP contribution in [0.5, 0.6) is 5.75 Å². The van der Waals surface area contributed by atoms with Gasteiger partial charge in [0.25, 0.3) is 5.91 Å². The Kier molecular flexibility index (Phi) is 9.39. The van der Waals surface area contributed by atoms with Crippen molar-refractivity contribution in [3.63, 3.8) is 0 Å². The molecule has 1 aliphatic rings. The molecule has 0 bridgehead atoms. The molecule has 190 valence electrons. The molecule has 3 rings (SSSR count). The smallest absolute Gasteiger partial charge is 0.251 e. The number of allylic oxidation sites excluding steroid dienone is 2. The van der Waals surface area contributed by atoms with E-state index in [4.69, 9.17) is 10.5 Å². The van der Waals surface area contributed by atoms with E-state index in [1.165, 1.54) is 0 Å².